The van der Waals surface area contributed by atoms with E-state index in [9.17, 15) is 0 Å². The van der Waals surface area contributed by atoms with Gasteiger partial charge < -0.3 is 11.5 Å². The van der Waals surface area contributed by atoms with Crippen LogP contribution in [0.1, 0.15) is 37.3 Å². The van der Waals surface area contributed by atoms with Crippen LogP contribution in [-0.2, 0) is 0 Å². The van der Waals surface area contributed by atoms with E-state index in [4.69, 9.17) is 11.5 Å². The van der Waals surface area contributed by atoms with Crippen molar-refractivity contribution in [3.63, 3.8) is 0 Å². The van der Waals surface area contributed by atoms with Crippen molar-refractivity contribution in [2.24, 2.45) is 11.5 Å². The molecule has 2 unspecified atom stereocenters. The summed E-state index contributed by atoms with van der Waals surface area (Å²) in [5.41, 5.74) is 13.1. The molecule has 0 fully saturated rings. The van der Waals surface area contributed by atoms with Crippen LogP contribution in [0.2, 0.25) is 0 Å². The van der Waals surface area contributed by atoms with Gasteiger partial charge in [-0.3, -0.25) is 4.98 Å². The third-order valence-electron chi connectivity index (χ3n) is 1.73. The van der Waals surface area contributed by atoms with E-state index >= 15 is 0 Å². The van der Waals surface area contributed by atoms with Crippen molar-refractivity contribution in [2.45, 2.75) is 25.9 Å². The summed E-state index contributed by atoms with van der Waals surface area (Å²) in [6, 6.07) is 5.71. The monoisotopic (exact) mass is 165 g/mol. The van der Waals surface area contributed by atoms with E-state index in [0.717, 1.165) is 11.4 Å². The highest BCUT2D eigenvalue weighted by Crippen LogP contribution is 2.10. The van der Waals surface area contributed by atoms with E-state index in [-0.39, 0.29) is 12.1 Å². The van der Waals surface area contributed by atoms with Crippen LogP contribution < -0.4 is 11.5 Å². The zero-order valence-electron chi connectivity index (χ0n) is 7.49. The van der Waals surface area contributed by atoms with Crippen LogP contribution in [0.15, 0.2) is 18.2 Å². The number of aromatic nitrogens is 1. The molecule has 12 heavy (non-hydrogen) atoms. The number of hydrogen-bond donors (Lipinski definition) is 2. The Morgan fingerprint density at radius 3 is 1.83 bits per heavy atom. The molecule has 3 nitrogen and oxygen atoms in total. The zero-order chi connectivity index (χ0) is 9.14. The normalized spacial score (nSPS) is 15.7. The van der Waals surface area contributed by atoms with Crippen LogP contribution in [0.4, 0.5) is 0 Å². The van der Waals surface area contributed by atoms with Gasteiger partial charge in [0, 0.05) is 12.1 Å². The Morgan fingerprint density at radius 2 is 1.50 bits per heavy atom. The predicted octanol–water partition coefficient (Wildman–Crippen LogP) is 1.12. The quantitative estimate of drug-likeness (QED) is 0.690. The first kappa shape index (κ1) is 9.16. The van der Waals surface area contributed by atoms with Crippen molar-refractivity contribution in [3.8, 4) is 0 Å². The van der Waals surface area contributed by atoms with Gasteiger partial charge in [0.2, 0.25) is 0 Å². The number of rotatable bonds is 2. The van der Waals surface area contributed by atoms with Gasteiger partial charge in [0.25, 0.3) is 0 Å². The van der Waals surface area contributed by atoms with E-state index in [2.05, 4.69) is 4.98 Å². The lowest BCUT2D eigenvalue weighted by Gasteiger charge is -2.08. The lowest BCUT2D eigenvalue weighted by atomic mass is 10.1. The molecule has 3 heteroatoms. The fourth-order valence-electron chi connectivity index (χ4n) is 0.976. The molecule has 0 radical (unpaired) electrons. The Labute approximate surface area is 72.8 Å². The average Bonchev–Trinajstić information content (AvgIpc) is 2.04. The van der Waals surface area contributed by atoms with Crippen molar-refractivity contribution in [1.29, 1.82) is 0 Å². The van der Waals surface area contributed by atoms with Gasteiger partial charge in [-0.1, -0.05) is 6.07 Å². The number of nitrogens with zero attached hydrogens (tertiary/aromatic N) is 1. The summed E-state index contributed by atoms with van der Waals surface area (Å²) in [5.74, 6) is 0. The highest BCUT2D eigenvalue weighted by Gasteiger charge is 2.04. The van der Waals surface area contributed by atoms with Crippen LogP contribution >= 0.6 is 0 Å². The maximum atomic E-state index is 5.68. The summed E-state index contributed by atoms with van der Waals surface area (Å²) in [6.07, 6.45) is 0. The molecule has 66 valence electrons. The second-order valence-corrected chi connectivity index (χ2v) is 3.06. The largest absolute Gasteiger partial charge is 0.323 e. The van der Waals surface area contributed by atoms with Crippen LogP contribution in [-0.4, -0.2) is 4.98 Å². The summed E-state index contributed by atoms with van der Waals surface area (Å²) >= 11 is 0. The first-order valence-corrected chi connectivity index (χ1v) is 4.09. The standard InChI is InChI=1S/C9H15N3/c1-6(10)8-4-3-5-9(12-8)7(2)11/h3-7H,10-11H2,1-2H3. The van der Waals surface area contributed by atoms with Crippen LogP contribution in [0.3, 0.4) is 0 Å². The van der Waals surface area contributed by atoms with E-state index in [1.165, 1.54) is 0 Å². The highest BCUT2D eigenvalue weighted by molar-refractivity contribution is 5.15. The van der Waals surface area contributed by atoms with Gasteiger partial charge in [0.1, 0.15) is 0 Å². The second kappa shape index (κ2) is 3.65. The maximum Gasteiger partial charge on any atom is 0.0572 e. The molecule has 0 aliphatic carbocycles. The second-order valence-electron chi connectivity index (χ2n) is 3.06. The van der Waals surface area contributed by atoms with E-state index < -0.39 is 0 Å². The van der Waals surface area contributed by atoms with E-state index in [1.807, 2.05) is 32.0 Å². The number of hydrogen-bond acceptors (Lipinski definition) is 3. The Kier molecular flexibility index (Phi) is 2.78. The number of pyridine rings is 1. The van der Waals surface area contributed by atoms with Crippen molar-refractivity contribution in [3.05, 3.63) is 29.6 Å². The molecule has 0 aliphatic rings. The third-order valence-corrected chi connectivity index (χ3v) is 1.73. The molecule has 1 heterocycles. The Balaban J connectivity index is 2.96. The summed E-state index contributed by atoms with van der Waals surface area (Å²) < 4.78 is 0. The molecular formula is C9H15N3. The van der Waals surface area contributed by atoms with Gasteiger partial charge in [-0.05, 0) is 26.0 Å². The SMILES string of the molecule is CC(N)c1cccc(C(C)N)n1. The lowest BCUT2D eigenvalue weighted by molar-refractivity contribution is 0.728. The first-order valence-electron chi connectivity index (χ1n) is 4.09. The highest BCUT2D eigenvalue weighted by atomic mass is 14.8. The maximum absolute atomic E-state index is 5.68. The van der Waals surface area contributed by atoms with Gasteiger partial charge in [-0.25, -0.2) is 0 Å². The van der Waals surface area contributed by atoms with Gasteiger partial charge in [0.05, 0.1) is 11.4 Å². The van der Waals surface area contributed by atoms with Crippen LogP contribution in [0.5, 0.6) is 0 Å². The topological polar surface area (TPSA) is 64.9 Å². The minimum Gasteiger partial charge on any atom is -0.323 e. The van der Waals surface area contributed by atoms with Crippen LogP contribution in [0, 0.1) is 0 Å². The molecule has 1 rings (SSSR count). The molecule has 1 aromatic rings. The van der Waals surface area contributed by atoms with Gasteiger partial charge in [0.15, 0.2) is 0 Å². The van der Waals surface area contributed by atoms with Crippen LogP contribution in [0.25, 0.3) is 0 Å². The summed E-state index contributed by atoms with van der Waals surface area (Å²) in [5, 5.41) is 0. The average molecular weight is 165 g/mol. The minimum atomic E-state index is -0.0244. The van der Waals surface area contributed by atoms with E-state index in [1.54, 1.807) is 0 Å². The minimum absolute atomic E-state index is 0.0244. The molecule has 0 aromatic carbocycles. The van der Waals surface area contributed by atoms with Gasteiger partial charge >= 0.3 is 0 Å². The Morgan fingerprint density at radius 1 is 1.08 bits per heavy atom. The van der Waals surface area contributed by atoms with Crippen molar-refractivity contribution >= 4 is 0 Å². The molecule has 0 bridgehead atoms. The van der Waals surface area contributed by atoms with Gasteiger partial charge in [-0.2, -0.15) is 0 Å². The molecule has 0 saturated heterocycles. The van der Waals surface area contributed by atoms with E-state index in [0.29, 0.717) is 0 Å². The summed E-state index contributed by atoms with van der Waals surface area (Å²) in [6.45, 7) is 3.82. The molecule has 1 aromatic heterocycles. The Hall–Kier alpha value is -0.930. The fourth-order valence-corrected chi connectivity index (χ4v) is 0.976. The molecule has 0 spiro atoms. The first-order chi connectivity index (χ1) is 5.61. The third kappa shape index (κ3) is 2.03. The van der Waals surface area contributed by atoms with Gasteiger partial charge in [-0.15, -0.1) is 0 Å². The molecule has 2 atom stereocenters. The molecular weight excluding hydrogens is 150 g/mol. The van der Waals surface area contributed by atoms with Crippen molar-refractivity contribution in [1.82, 2.24) is 4.98 Å². The molecule has 0 saturated carbocycles. The fraction of sp³-hybridized carbons (Fsp3) is 0.444. The lowest BCUT2D eigenvalue weighted by Crippen LogP contribution is -2.12. The number of nitrogens with two attached hydrogens (primary N) is 2. The van der Waals surface area contributed by atoms with Crippen molar-refractivity contribution < 1.29 is 0 Å². The molecule has 0 aliphatic heterocycles. The zero-order valence-corrected chi connectivity index (χ0v) is 7.49. The summed E-state index contributed by atoms with van der Waals surface area (Å²) in [7, 11) is 0. The summed E-state index contributed by atoms with van der Waals surface area (Å²) in [4.78, 5) is 4.32. The predicted molar refractivity (Wildman–Crippen MR) is 49.4 cm³/mol. The Bertz CT molecular complexity index is 232. The smallest absolute Gasteiger partial charge is 0.0572 e. The molecule has 4 N–H and O–H groups in total. The molecule has 0 amide bonds. The van der Waals surface area contributed by atoms with Crippen molar-refractivity contribution in [2.75, 3.05) is 0 Å².